The van der Waals surface area contributed by atoms with E-state index < -0.39 is 0 Å². The Morgan fingerprint density at radius 1 is 1.07 bits per heavy atom. The second-order valence-electron chi connectivity index (χ2n) is 6.95. The third-order valence-corrected chi connectivity index (χ3v) is 7.10. The summed E-state index contributed by atoms with van der Waals surface area (Å²) in [7, 11) is 7.89. The molecule has 1 N–H and O–H groups in total. The standard InChI is InChI=1S/C22H32NO3P/c1-7-13-22(8-2,27-20-12-10-9-11-18(20)23(3)4)17-14-16(25-5)15-19(26-6)21(17)24/h9-12,14-15,24,27H,7-8,13H2,1-6H3. The minimum Gasteiger partial charge on any atom is -0.504 e. The summed E-state index contributed by atoms with van der Waals surface area (Å²) in [4.78, 5) is 2.15. The van der Waals surface area contributed by atoms with Gasteiger partial charge in [0, 0.05) is 36.6 Å². The van der Waals surface area contributed by atoms with Crippen LogP contribution in [-0.4, -0.2) is 33.4 Å². The molecule has 4 nitrogen and oxygen atoms in total. The summed E-state index contributed by atoms with van der Waals surface area (Å²) in [6.07, 6.45) is 2.93. The summed E-state index contributed by atoms with van der Waals surface area (Å²) in [5.74, 6) is 1.40. The van der Waals surface area contributed by atoms with E-state index in [9.17, 15) is 5.11 Å². The highest BCUT2D eigenvalue weighted by atomic mass is 31.1. The van der Waals surface area contributed by atoms with E-state index in [0.717, 1.165) is 24.8 Å². The molecule has 0 amide bonds. The molecule has 0 saturated heterocycles. The Kier molecular flexibility index (Phi) is 7.38. The number of phenolic OH excluding ortho intramolecular Hbond substituents is 1. The van der Waals surface area contributed by atoms with E-state index in [1.807, 2.05) is 6.07 Å². The number of methoxy groups -OCH3 is 2. The minimum atomic E-state index is -0.174. The minimum absolute atomic E-state index is 0.174. The van der Waals surface area contributed by atoms with Gasteiger partial charge < -0.3 is 19.5 Å². The lowest BCUT2D eigenvalue weighted by atomic mass is 9.89. The fourth-order valence-electron chi connectivity index (χ4n) is 3.59. The van der Waals surface area contributed by atoms with Crippen LogP contribution in [0.2, 0.25) is 0 Å². The predicted molar refractivity (Wildman–Crippen MR) is 117 cm³/mol. The first-order valence-corrected chi connectivity index (χ1v) is 10.4. The lowest BCUT2D eigenvalue weighted by molar-refractivity contribution is 0.354. The number of nitrogens with zero attached hydrogens (tertiary/aromatic N) is 1. The summed E-state index contributed by atoms with van der Waals surface area (Å²) in [6, 6.07) is 12.2. The van der Waals surface area contributed by atoms with E-state index >= 15 is 0 Å². The van der Waals surface area contributed by atoms with Crippen LogP contribution < -0.4 is 19.7 Å². The van der Waals surface area contributed by atoms with Crippen molar-refractivity contribution in [2.45, 2.75) is 38.3 Å². The maximum atomic E-state index is 11.0. The lowest BCUT2D eigenvalue weighted by Crippen LogP contribution is -2.25. The van der Waals surface area contributed by atoms with Gasteiger partial charge in [-0.15, -0.1) is 0 Å². The van der Waals surface area contributed by atoms with Crippen molar-refractivity contribution in [2.24, 2.45) is 0 Å². The Bertz CT molecular complexity index is 763. The van der Waals surface area contributed by atoms with Crippen LogP contribution in [0.3, 0.4) is 0 Å². The molecule has 2 aromatic carbocycles. The van der Waals surface area contributed by atoms with E-state index in [1.165, 1.54) is 11.0 Å². The van der Waals surface area contributed by atoms with Gasteiger partial charge in [-0.3, -0.25) is 0 Å². The van der Waals surface area contributed by atoms with Crippen LogP contribution in [0.1, 0.15) is 38.7 Å². The Labute approximate surface area is 165 Å². The number of ether oxygens (including phenoxy) is 2. The molecule has 0 aromatic heterocycles. The fraction of sp³-hybridized carbons (Fsp3) is 0.455. The molecule has 148 valence electrons. The molecule has 2 rings (SSSR count). The average Bonchev–Trinajstić information content (AvgIpc) is 2.68. The molecule has 2 atom stereocenters. The lowest BCUT2D eigenvalue weighted by Gasteiger charge is -2.36. The highest BCUT2D eigenvalue weighted by molar-refractivity contribution is 7.49. The third-order valence-electron chi connectivity index (χ3n) is 5.06. The number of rotatable bonds is 9. The number of aromatic hydroxyl groups is 1. The first-order valence-electron chi connectivity index (χ1n) is 9.42. The maximum absolute atomic E-state index is 11.0. The van der Waals surface area contributed by atoms with Gasteiger partial charge in [-0.2, -0.15) is 0 Å². The Balaban J connectivity index is 2.65. The zero-order valence-corrected chi connectivity index (χ0v) is 18.3. The second-order valence-corrected chi connectivity index (χ2v) is 8.69. The molecule has 2 aromatic rings. The molecule has 0 aliphatic rings. The topological polar surface area (TPSA) is 41.9 Å². The first-order chi connectivity index (χ1) is 12.9. The molecule has 0 saturated carbocycles. The predicted octanol–water partition coefficient (Wildman–Crippen LogP) is 4.88. The first kappa shape index (κ1) is 21.4. The highest BCUT2D eigenvalue weighted by Crippen LogP contribution is 2.54. The summed E-state index contributed by atoms with van der Waals surface area (Å²) in [5, 5.41) is 12.1. The van der Waals surface area contributed by atoms with Gasteiger partial charge in [0.2, 0.25) is 0 Å². The summed E-state index contributed by atoms with van der Waals surface area (Å²) in [5.41, 5.74) is 2.13. The van der Waals surface area contributed by atoms with Crippen LogP contribution in [-0.2, 0) is 5.16 Å². The van der Waals surface area contributed by atoms with Gasteiger partial charge in [0.1, 0.15) is 5.75 Å². The highest BCUT2D eigenvalue weighted by Gasteiger charge is 2.35. The Hall–Kier alpha value is -1.93. The largest absolute Gasteiger partial charge is 0.504 e. The third kappa shape index (κ3) is 4.50. The van der Waals surface area contributed by atoms with Crippen LogP contribution in [0.4, 0.5) is 5.69 Å². The van der Waals surface area contributed by atoms with Crippen molar-refractivity contribution >= 4 is 19.6 Å². The van der Waals surface area contributed by atoms with Gasteiger partial charge in [-0.1, -0.05) is 47.0 Å². The summed E-state index contributed by atoms with van der Waals surface area (Å²) in [6.45, 7) is 4.40. The molecule has 2 unspecified atom stereocenters. The fourth-order valence-corrected chi connectivity index (χ4v) is 5.60. The molecule has 0 spiro atoms. The smallest absolute Gasteiger partial charge is 0.164 e. The average molecular weight is 389 g/mol. The molecule has 0 fully saturated rings. The number of hydrogen-bond donors (Lipinski definition) is 1. The molecule has 0 radical (unpaired) electrons. The second kappa shape index (κ2) is 9.32. The van der Waals surface area contributed by atoms with Crippen molar-refractivity contribution in [1.82, 2.24) is 0 Å². The van der Waals surface area contributed by atoms with E-state index in [0.29, 0.717) is 20.1 Å². The summed E-state index contributed by atoms with van der Waals surface area (Å²) >= 11 is 0. The molecule has 5 heteroatoms. The van der Waals surface area contributed by atoms with Crippen molar-refractivity contribution in [2.75, 3.05) is 33.2 Å². The van der Waals surface area contributed by atoms with Crippen molar-refractivity contribution in [1.29, 1.82) is 0 Å². The van der Waals surface area contributed by atoms with E-state index in [-0.39, 0.29) is 10.9 Å². The molecular formula is C22H32NO3P. The van der Waals surface area contributed by atoms with Crippen LogP contribution >= 0.6 is 8.58 Å². The van der Waals surface area contributed by atoms with Crippen molar-refractivity contribution in [3.63, 3.8) is 0 Å². The van der Waals surface area contributed by atoms with Crippen molar-refractivity contribution in [3.05, 3.63) is 42.0 Å². The summed E-state index contributed by atoms with van der Waals surface area (Å²) < 4.78 is 10.9. The van der Waals surface area contributed by atoms with E-state index in [1.54, 1.807) is 20.3 Å². The Morgan fingerprint density at radius 2 is 1.78 bits per heavy atom. The van der Waals surface area contributed by atoms with Gasteiger partial charge in [0.05, 0.1) is 14.2 Å². The van der Waals surface area contributed by atoms with Gasteiger partial charge in [-0.05, 0) is 30.3 Å². The van der Waals surface area contributed by atoms with Crippen molar-refractivity contribution < 1.29 is 14.6 Å². The van der Waals surface area contributed by atoms with E-state index in [4.69, 9.17) is 9.47 Å². The number of para-hydroxylation sites is 1. The molecule has 0 aliphatic heterocycles. The van der Waals surface area contributed by atoms with Crippen LogP contribution in [0.5, 0.6) is 17.2 Å². The number of anilines is 1. The van der Waals surface area contributed by atoms with Crippen LogP contribution in [0, 0.1) is 0 Å². The van der Waals surface area contributed by atoms with Crippen LogP contribution in [0.25, 0.3) is 0 Å². The van der Waals surface area contributed by atoms with Gasteiger partial charge in [0.15, 0.2) is 11.5 Å². The monoisotopic (exact) mass is 389 g/mol. The van der Waals surface area contributed by atoms with Gasteiger partial charge in [-0.25, -0.2) is 0 Å². The maximum Gasteiger partial charge on any atom is 0.164 e. The molecular weight excluding hydrogens is 357 g/mol. The zero-order chi connectivity index (χ0) is 20.0. The van der Waals surface area contributed by atoms with Gasteiger partial charge in [0.25, 0.3) is 0 Å². The zero-order valence-electron chi connectivity index (χ0n) is 17.3. The van der Waals surface area contributed by atoms with Crippen molar-refractivity contribution in [3.8, 4) is 17.2 Å². The van der Waals surface area contributed by atoms with Gasteiger partial charge >= 0.3 is 0 Å². The number of hydrogen-bond acceptors (Lipinski definition) is 4. The van der Waals surface area contributed by atoms with Crippen LogP contribution in [0.15, 0.2) is 36.4 Å². The molecule has 0 aliphatic carbocycles. The quantitative estimate of drug-likeness (QED) is 0.621. The van der Waals surface area contributed by atoms with E-state index in [2.05, 4.69) is 57.1 Å². The molecule has 27 heavy (non-hydrogen) atoms. The molecule has 0 heterocycles. The number of benzene rings is 2. The Morgan fingerprint density at radius 3 is 2.33 bits per heavy atom. The molecule has 0 bridgehead atoms. The SMILES string of the molecule is CCCC(CC)(Pc1ccccc1N(C)C)c1cc(OC)cc(OC)c1O. The normalized spacial score (nSPS) is 13.6. The number of phenols is 1.